The van der Waals surface area contributed by atoms with E-state index in [4.69, 9.17) is 0 Å². The Morgan fingerprint density at radius 1 is 1.50 bits per heavy atom. The summed E-state index contributed by atoms with van der Waals surface area (Å²) in [6, 6.07) is 3.77. The van der Waals surface area contributed by atoms with Crippen molar-refractivity contribution in [2.75, 3.05) is 11.9 Å². The minimum absolute atomic E-state index is 0.0154. The zero-order valence-corrected chi connectivity index (χ0v) is 10.9. The minimum atomic E-state index is -0.0154. The van der Waals surface area contributed by atoms with E-state index in [1.165, 1.54) is 5.56 Å². The van der Waals surface area contributed by atoms with Gasteiger partial charge in [-0.25, -0.2) is 4.68 Å². The van der Waals surface area contributed by atoms with E-state index in [9.17, 15) is 4.79 Å². The van der Waals surface area contributed by atoms with Gasteiger partial charge in [0.1, 0.15) is 0 Å². The fourth-order valence-electron chi connectivity index (χ4n) is 2.18. The Balaban J connectivity index is 1.81. The van der Waals surface area contributed by atoms with E-state index >= 15 is 0 Å². The minimum Gasteiger partial charge on any atom is -0.383 e. The van der Waals surface area contributed by atoms with Crippen molar-refractivity contribution in [3.05, 3.63) is 44.5 Å². The fourth-order valence-corrected chi connectivity index (χ4v) is 2.88. The van der Waals surface area contributed by atoms with Crippen LogP contribution in [0.3, 0.4) is 0 Å². The molecule has 0 saturated heterocycles. The molecule has 0 bridgehead atoms. The first kappa shape index (κ1) is 11.5. The van der Waals surface area contributed by atoms with Gasteiger partial charge in [0, 0.05) is 19.2 Å². The van der Waals surface area contributed by atoms with Crippen molar-refractivity contribution in [3.63, 3.8) is 0 Å². The predicted octanol–water partition coefficient (Wildman–Crippen LogP) is 1.91. The highest BCUT2D eigenvalue weighted by Crippen LogP contribution is 2.16. The second-order valence-electron chi connectivity index (χ2n) is 4.48. The van der Waals surface area contributed by atoms with Gasteiger partial charge in [-0.15, -0.1) is 0 Å². The monoisotopic (exact) mass is 261 g/mol. The average Bonchev–Trinajstić information content (AvgIpc) is 2.89. The molecule has 4 nitrogen and oxygen atoms in total. The number of thiophene rings is 1. The van der Waals surface area contributed by atoms with Crippen molar-refractivity contribution in [2.24, 2.45) is 0 Å². The molecule has 0 spiro atoms. The van der Waals surface area contributed by atoms with Crippen molar-refractivity contribution in [1.82, 2.24) is 9.78 Å². The molecule has 0 fully saturated rings. The third kappa shape index (κ3) is 2.31. The van der Waals surface area contributed by atoms with Crippen LogP contribution in [0.4, 0.5) is 5.69 Å². The Kier molecular flexibility index (Phi) is 3.15. The molecular weight excluding hydrogens is 246 g/mol. The van der Waals surface area contributed by atoms with E-state index in [1.54, 1.807) is 22.1 Å². The lowest BCUT2D eigenvalue weighted by Crippen LogP contribution is -2.27. The van der Waals surface area contributed by atoms with Gasteiger partial charge in [-0.05, 0) is 41.7 Å². The molecule has 2 aromatic heterocycles. The molecule has 3 heterocycles. The lowest BCUT2D eigenvalue weighted by Gasteiger charge is -2.17. The number of aryl methyl sites for hydroxylation is 3. The number of aromatic nitrogens is 2. The molecule has 0 amide bonds. The van der Waals surface area contributed by atoms with E-state index in [-0.39, 0.29) is 5.56 Å². The van der Waals surface area contributed by atoms with E-state index < -0.39 is 0 Å². The van der Waals surface area contributed by atoms with Gasteiger partial charge in [-0.3, -0.25) is 4.79 Å². The lowest BCUT2D eigenvalue weighted by atomic mass is 10.1. The summed E-state index contributed by atoms with van der Waals surface area (Å²) in [6.07, 6.45) is 2.91. The second-order valence-corrected chi connectivity index (χ2v) is 5.26. The van der Waals surface area contributed by atoms with Gasteiger partial charge in [-0.1, -0.05) is 0 Å². The molecule has 0 radical (unpaired) electrons. The molecule has 3 rings (SSSR count). The quantitative estimate of drug-likeness (QED) is 0.918. The first-order chi connectivity index (χ1) is 8.83. The Morgan fingerprint density at radius 2 is 2.44 bits per heavy atom. The standard InChI is InChI=1S/C13H15N3OS/c17-13-8-12-11(2-1-5-14-12)15-16(13)6-3-10-4-7-18-9-10/h4,7-9,14H,1-3,5-6H2. The van der Waals surface area contributed by atoms with Gasteiger partial charge < -0.3 is 5.32 Å². The number of hydrogen-bond acceptors (Lipinski definition) is 4. The van der Waals surface area contributed by atoms with E-state index in [1.807, 2.05) is 0 Å². The highest BCUT2D eigenvalue weighted by Gasteiger charge is 2.12. The predicted molar refractivity (Wildman–Crippen MR) is 73.3 cm³/mol. The van der Waals surface area contributed by atoms with Crippen molar-refractivity contribution in [1.29, 1.82) is 0 Å². The third-order valence-electron chi connectivity index (χ3n) is 3.17. The van der Waals surface area contributed by atoms with Crippen LogP contribution in [0, 0.1) is 0 Å². The largest absolute Gasteiger partial charge is 0.383 e. The first-order valence-electron chi connectivity index (χ1n) is 6.19. The number of nitrogens with zero attached hydrogens (tertiary/aromatic N) is 2. The number of nitrogens with one attached hydrogen (secondary N) is 1. The van der Waals surface area contributed by atoms with Crippen LogP contribution >= 0.6 is 11.3 Å². The van der Waals surface area contributed by atoms with Crippen LogP contribution in [-0.4, -0.2) is 16.3 Å². The SMILES string of the molecule is O=c1cc2c(nn1CCc1ccsc1)CCCN2. The molecule has 0 aromatic carbocycles. The molecule has 1 N–H and O–H groups in total. The van der Waals surface area contributed by atoms with Crippen LogP contribution in [0.2, 0.25) is 0 Å². The Hall–Kier alpha value is -1.62. The fraction of sp³-hybridized carbons (Fsp3) is 0.385. The molecule has 18 heavy (non-hydrogen) atoms. The van der Waals surface area contributed by atoms with Crippen LogP contribution < -0.4 is 10.9 Å². The van der Waals surface area contributed by atoms with E-state index in [0.717, 1.165) is 37.2 Å². The van der Waals surface area contributed by atoms with E-state index in [0.29, 0.717) is 6.54 Å². The van der Waals surface area contributed by atoms with Crippen molar-refractivity contribution < 1.29 is 0 Å². The zero-order chi connectivity index (χ0) is 12.4. The number of rotatable bonds is 3. The van der Waals surface area contributed by atoms with Crippen molar-refractivity contribution >= 4 is 17.0 Å². The molecular formula is C13H15N3OS. The summed E-state index contributed by atoms with van der Waals surface area (Å²) in [6.45, 7) is 1.59. The molecule has 0 unspecified atom stereocenters. The Morgan fingerprint density at radius 3 is 3.28 bits per heavy atom. The van der Waals surface area contributed by atoms with Gasteiger partial charge in [0.05, 0.1) is 11.4 Å². The highest BCUT2D eigenvalue weighted by atomic mass is 32.1. The summed E-state index contributed by atoms with van der Waals surface area (Å²) in [4.78, 5) is 11.9. The molecule has 1 aliphatic rings. The summed E-state index contributed by atoms with van der Waals surface area (Å²) >= 11 is 1.68. The van der Waals surface area contributed by atoms with Crippen LogP contribution in [0.1, 0.15) is 17.7 Å². The molecule has 0 atom stereocenters. The lowest BCUT2D eigenvalue weighted by molar-refractivity contribution is 0.559. The second kappa shape index (κ2) is 4.94. The number of anilines is 1. The summed E-state index contributed by atoms with van der Waals surface area (Å²) in [5.41, 5.74) is 3.19. The van der Waals surface area contributed by atoms with Gasteiger partial charge in [0.15, 0.2) is 0 Å². The topological polar surface area (TPSA) is 46.9 Å². The van der Waals surface area contributed by atoms with Crippen LogP contribution in [0.5, 0.6) is 0 Å². The highest BCUT2D eigenvalue weighted by molar-refractivity contribution is 7.07. The van der Waals surface area contributed by atoms with Crippen molar-refractivity contribution in [2.45, 2.75) is 25.8 Å². The molecule has 2 aromatic rings. The zero-order valence-electron chi connectivity index (χ0n) is 10.1. The maximum Gasteiger partial charge on any atom is 0.268 e. The Labute approximate surface area is 109 Å². The van der Waals surface area contributed by atoms with E-state index in [2.05, 4.69) is 27.2 Å². The summed E-state index contributed by atoms with van der Waals surface area (Å²) in [5.74, 6) is 0. The normalized spacial score (nSPS) is 14.0. The molecule has 5 heteroatoms. The first-order valence-corrected chi connectivity index (χ1v) is 7.13. The van der Waals surface area contributed by atoms with Crippen LogP contribution in [-0.2, 0) is 19.4 Å². The molecule has 1 aliphatic heterocycles. The summed E-state index contributed by atoms with van der Waals surface area (Å²) in [5, 5.41) is 11.9. The number of hydrogen-bond donors (Lipinski definition) is 1. The summed E-state index contributed by atoms with van der Waals surface area (Å²) < 4.78 is 1.59. The van der Waals surface area contributed by atoms with Gasteiger partial charge >= 0.3 is 0 Å². The average molecular weight is 261 g/mol. The Bertz CT molecular complexity index is 589. The van der Waals surface area contributed by atoms with Crippen LogP contribution in [0.25, 0.3) is 0 Å². The maximum absolute atomic E-state index is 11.9. The number of fused-ring (bicyclic) bond motifs is 1. The van der Waals surface area contributed by atoms with Gasteiger partial charge in [0.25, 0.3) is 5.56 Å². The van der Waals surface area contributed by atoms with Gasteiger partial charge in [0.2, 0.25) is 0 Å². The molecule has 94 valence electrons. The summed E-state index contributed by atoms with van der Waals surface area (Å²) in [7, 11) is 0. The van der Waals surface area contributed by atoms with Crippen molar-refractivity contribution in [3.8, 4) is 0 Å². The maximum atomic E-state index is 11.9. The third-order valence-corrected chi connectivity index (χ3v) is 3.90. The molecule has 0 aliphatic carbocycles. The smallest absolute Gasteiger partial charge is 0.268 e. The molecule has 0 saturated carbocycles. The van der Waals surface area contributed by atoms with Gasteiger partial charge in [-0.2, -0.15) is 16.4 Å². The van der Waals surface area contributed by atoms with Crippen LogP contribution in [0.15, 0.2) is 27.7 Å².